The van der Waals surface area contributed by atoms with Crippen LogP contribution in [-0.4, -0.2) is 39.1 Å². The summed E-state index contributed by atoms with van der Waals surface area (Å²) >= 11 is 12.2. The zero-order valence-corrected chi connectivity index (χ0v) is 14.4. The lowest BCUT2D eigenvalue weighted by molar-refractivity contribution is -0.137. The summed E-state index contributed by atoms with van der Waals surface area (Å²) in [5, 5.41) is 9.29. The van der Waals surface area contributed by atoms with Crippen LogP contribution in [-0.2, 0) is 4.79 Å². The number of carbonyl (C=O) groups is 2. The molecule has 23 heavy (non-hydrogen) atoms. The summed E-state index contributed by atoms with van der Waals surface area (Å²) in [6.07, 6.45) is 1.76. The first-order valence-corrected chi connectivity index (χ1v) is 8.51. The highest BCUT2D eigenvalue weighted by Gasteiger charge is 2.68. The number of ketones is 1. The average Bonchev–Trinajstić information content (AvgIpc) is 3.06. The van der Waals surface area contributed by atoms with E-state index < -0.39 is 9.75 Å². The number of Topliss-reactive ketones (excluding diaryl/α,β-unsaturated/α-hetero) is 1. The minimum absolute atomic E-state index is 0.0157. The lowest BCUT2D eigenvalue weighted by atomic mass is 9.88. The molecule has 1 aliphatic carbocycles. The molecule has 0 aromatic heterocycles. The van der Waals surface area contributed by atoms with Crippen LogP contribution in [0.1, 0.15) is 36.5 Å². The highest BCUT2D eigenvalue weighted by Crippen LogP contribution is 2.64. The molecule has 0 bridgehead atoms. The summed E-state index contributed by atoms with van der Waals surface area (Å²) in [4.78, 5) is 26.8. The van der Waals surface area contributed by atoms with Gasteiger partial charge in [-0.25, -0.2) is 0 Å². The molecule has 2 fully saturated rings. The molecule has 1 N–H and O–H groups in total. The number of piperidine rings is 1. The zero-order chi connectivity index (χ0) is 16.8. The minimum Gasteiger partial charge on any atom is -0.508 e. The van der Waals surface area contributed by atoms with Gasteiger partial charge in [0.25, 0.3) is 0 Å². The van der Waals surface area contributed by atoms with Crippen LogP contribution < -0.4 is 0 Å². The fourth-order valence-corrected chi connectivity index (χ4v) is 3.88. The minimum atomic E-state index is -0.956. The Morgan fingerprint density at radius 2 is 1.70 bits per heavy atom. The number of phenolic OH excluding ortho intramolecular Hbond substituents is 1. The summed E-state index contributed by atoms with van der Waals surface area (Å²) in [5.74, 6) is 0.106. The highest BCUT2D eigenvalue weighted by atomic mass is 35.5. The van der Waals surface area contributed by atoms with E-state index in [1.54, 1.807) is 24.0 Å². The van der Waals surface area contributed by atoms with Crippen molar-refractivity contribution in [3.8, 4) is 5.75 Å². The van der Waals surface area contributed by atoms with Gasteiger partial charge in [0.15, 0.2) is 5.78 Å². The van der Waals surface area contributed by atoms with Crippen molar-refractivity contribution < 1.29 is 14.7 Å². The molecular weight excluding hydrogens is 337 g/mol. The smallest absolute Gasteiger partial charge is 0.231 e. The number of alkyl halides is 2. The fraction of sp³-hybridized carbons (Fsp3) is 0.529. The second-order valence-electron chi connectivity index (χ2n) is 6.69. The maximum atomic E-state index is 12.5. The second-order valence-corrected chi connectivity index (χ2v) is 8.17. The molecule has 1 atom stereocenters. The predicted molar refractivity (Wildman–Crippen MR) is 88.9 cm³/mol. The summed E-state index contributed by atoms with van der Waals surface area (Å²) in [7, 11) is 0. The van der Waals surface area contributed by atoms with Crippen molar-refractivity contribution in [2.45, 2.75) is 30.5 Å². The van der Waals surface area contributed by atoms with Gasteiger partial charge < -0.3 is 10.0 Å². The Kier molecular flexibility index (Phi) is 4.09. The number of nitrogens with zero attached hydrogens (tertiary/aromatic N) is 1. The summed E-state index contributed by atoms with van der Waals surface area (Å²) in [5.41, 5.74) is -0.0912. The number of aromatic hydroxyl groups is 1. The molecule has 1 amide bonds. The van der Waals surface area contributed by atoms with E-state index in [-0.39, 0.29) is 23.4 Å². The first-order chi connectivity index (χ1) is 10.7. The van der Waals surface area contributed by atoms with Gasteiger partial charge in [0.2, 0.25) is 5.91 Å². The van der Waals surface area contributed by atoms with Crippen LogP contribution in [0.15, 0.2) is 24.3 Å². The molecule has 1 unspecified atom stereocenters. The second kappa shape index (κ2) is 5.67. The Bertz CT molecular complexity index is 636. The zero-order valence-electron chi connectivity index (χ0n) is 12.9. The van der Waals surface area contributed by atoms with Crippen LogP contribution in [0.25, 0.3) is 0 Å². The Morgan fingerprint density at radius 3 is 2.17 bits per heavy atom. The molecule has 1 saturated heterocycles. The monoisotopic (exact) mass is 355 g/mol. The summed E-state index contributed by atoms with van der Waals surface area (Å²) in [6.45, 7) is 2.89. The van der Waals surface area contributed by atoms with E-state index in [0.29, 0.717) is 37.9 Å². The standard InChI is InChI=1S/C17H19Cl2NO3/c1-16(10-17(16,18)19)15(23)20-8-6-12(7-9-20)14(22)11-2-4-13(21)5-3-11/h2-5,12,21H,6-10H2,1H3. The molecule has 1 aromatic carbocycles. The molecule has 4 nitrogen and oxygen atoms in total. The molecule has 1 saturated carbocycles. The van der Waals surface area contributed by atoms with E-state index in [0.717, 1.165) is 0 Å². The molecule has 0 spiro atoms. The predicted octanol–water partition coefficient (Wildman–Crippen LogP) is 3.40. The van der Waals surface area contributed by atoms with Gasteiger partial charge in [-0.15, -0.1) is 23.2 Å². The number of phenols is 1. The fourth-order valence-electron chi connectivity index (χ4n) is 3.19. The Morgan fingerprint density at radius 1 is 1.17 bits per heavy atom. The van der Waals surface area contributed by atoms with Gasteiger partial charge in [0, 0.05) is 24.6 Å². The number of hydrogen-bond acceptors (Lipinski definition) is 3. The Hall–Kier alpha value is -1.26. The topological polar surface area (TPSA) is 57.6 Å². The lowest BCUT2D eigenvalue weighted by Gasteiger charge is -2.33. The first-order valence-electron chi connectivity index (χ1n) is 7.75. The summed E-state index contributed by atoms with van der Waals surface area (Å²) in [6, 6.07) is 6.30. The Balaban J connectivity index is 1.59. The van der Waals surface area contributed by atoms with Crippen molar-refractivity contribution in [1.29, 1.82) is 0 Å². The first kappa shape index (κ1) is 16.6. The van der Waals surface area contributed by atoms with Crippen LogP contribution in [0.3, 0.4) is 0 Å². The molecule has 2 aliphatic rings. The van der Waals surface area contributed by atoms with Gasteiger partial charge in [0.05, 0.1) is 5.41 Å². The van der Waals surface area contributed by atoms with Crippen molar-refractivity contribution in [3.63, 3.8) is 0 Å². The van der Waals surface area contributed by atoms with Crippen LogP contribution in [0.5, 0.6) is 5.75 Å². The molecule has 1 heterocycles. The summed E-state index contributed by atoms with van der Waals surface area (Å²) < 4.78 is -0.956. The van der Waals surface area contributed by atoms with E-state index in [1.165, 1.54) is 12.1 Å². The molecule has 6 heteroatoms. The van der Waals surface area contributed by atoms with Gasteiger partial charge in [-0.05, 0) is 50.5 Å². The number of benzene rings is 1. The third-order valence-corrected chi connectivity index (χ3v) is 6.14. The SMILES string of the molecule is CC1(C(=O)N2CCC(C(=O)c3ccc(O)cc3)CC2)CC1(Cl)Cl. The average molecular weight is 356 g/mol. The quantitative estimate of drug-likeness (QED) is 0.667. The van der Waals surface area contributed by atoms with Gasteiger partial charge >= 0.3 is 0 Å². The van der Waals surface area contributed by atoms with Crippen molar-refractivity contribution in [2.24, 2.45) is 11.3 Å². The largest absolute Gasteiger partial charge is 0.508 e. The van der Waals surface area contributed by atoms with Crippen LogP contribution in [0.4, 0.5) is 0 Å². The normalized spacial score (nSPS) is 26.8. The van der Waals surface area contributed by atoms with Crippen LogP contribution in [0, 0.1) is 11.3 Å². The number of carbonyl (C=O) groups excluding carboxylic acids is 2. The molecular formula is C17H19Cl2NO3. The van der Waals surface area contributed by atoms with Crippen molar-refractivity contribution in [3.05, 3.63) is 29.8 Å². The third-order valence-electron chi connectivity index (χ3n) is 5.03. The van der Waals surface area contributed by atoms with Gasteiger partial charge in [-0.3, -0.25) is 9.59 Å². The number of rotatable bonds is 3. The molecule has 1 aliphatic heterocycles. The van der Waals surface area contributed by atoms with Crippen molar-refractivity contribution >= 4 is 34.9 Å². The maximum Gasteiger partial charge on any atom is 0.231 e. The van der Waals surface area contributed by atoms with E-state index in [4.69, 9.17) is 23.2 Å². The van der Waals surface area contributed by atoms with Gasteiger partial charge in [-0.2, -0.15) is 0 Å². The number of halogens is 2. The number of amides is 1. The molecule has 124 valence electrons. The molecule has 1 aromatic rings. The Labute approximate surface area is 145 Å². The number of likely N-dealkylation sites (tertiary alicyclic amines) is 1. The van der Waals surface area contributed by atoms with Crippen LogP contribution >= 0.6 is 23.2 Å². The van der Waals surface area contributed by atoms with Crippen LogP contribution in [0.2, 0.25) is 0 Å². The van der Waals surface area contributed by atoms with Gasteiger partial charge in [0.1, 0.15) is 10.1 Å². The van der Waals surface area contributed by atoms with Crippen molar-refractivity contribution in [2.75, 3.05) is 13.1 Å². The van der Waals surface area contributed by atoms with Gasteiger partial charge in [-0.1, -0.05) is 0 Å². The van der Waals surface area contributed by atoms with E-state index in [2.05, 4.69) is 0 Å². The number of hydrogen-bond donors (Lipinski definition) is 1. The van der Waals surface area contributed by atoms with E-state index >= 15 is 0 Å². The third kappa shape index (κ3) is 2.94. The maximum absolute atomic E-state index is 12.5. The van der Waals surface area contributed by atoms with E-state index in [1.807, 2.05) is 0 Å². The highest BCUT2D eigenvalue weighted by molar-refractivity contribution is 6.53. The lowest BCUT2D eigenvalue weighted by Crippen LogP contribution is -2.44. The molecule has 3 rings (SSSR count). The van der Waals surface area contributed by atoms with E-state index in [9.17, 15) is 14.7 Å². The molecule has 0 radical (unpaired) electrons. The van der Waals surface area contributed by atoms with Crippen molar-refractivity contribution in [1.82, 2.24) is 4.90 Å².